The van der Waals surface area contributed by atoms with Gasteiger partial charge in [0.25, 0.3) is 0 Å². The van der Waals surface area contributed by atoms with Gasteiger partial charge in [-0.2, -0.15) is 13.2 Å². The molecule has 0 aromatic heterocycles. The number of hydrogen-bond donors (Lipinski definition) is 1. The Labute approximate surface area is 162 Å². The molecule has 0 bridgehead atoms. The largest absolute Gasteiger partial charge is 0.488 e. The number of hydrazine groups is 1. The summed E-state index contributed by atoms with van der Waals surface area (Å²) in [5, 5.41) is 2.38. The normalized spacial score (nSPS) is 18.9. The van der Waals surface area contributed by atoms with E-state index in [-0.39, 0.29) is 12.1 Å². The van der Waals surface area contributed by atoms with Gasteiger partial charge in [-0.1, -0.05) is 24.3 Å². The van der Waals surface area contributed by atoms with E-state index in [4.69, 9.17) is 4.74 Å². The average molecular weight is 394 g/mol. The second kappa shape index (κ2) is 6.65. The van der Waals surface area contributed by atoms with E-state index >= 15 is 0 Å². The minimum Gasteiger partial charge on any atom is -0.488 e. The lowest BCUT2D eigenvalue weighted by Crippen LogP contribution is -2.43. The fourth-order valence-corrected chi connectivity index (χ4v) is 3.37. The molecule has 2 aromatic carbocycles. The van der Waals surface area contributed by atoms with Crippen LogP contribution in [-0.4, -0.2) is 29.2 Å². The highest BCUT2D eigenvalue weighted by molar-refractivity contribution is 5.89. The van der Waals surface area contributed by atoms with Gasteiger partial charge >= 0.3 is 6.18 Å². The molecule has 1 N–H and O–H groups in total. The number of carbonyl (C=O) groups excluding carboxylic acids is 1. The molecule has 1 aliphatic rings. The molecule has 1 aliphatic heterocycles. The van der Waals surface area contributed by atoms with Crippen LogP contribution in [0.4, 0.5) is 13.2 Å². The van der Waals surface area contributed by atoms with Crippen molar-refractivity contribution in [1.82, 2.24) is 10.4 Å². The lowest BCUT2D eigenvalue weighted by atomic mass is 9.93. The molecular formula is C21H25F3N2O2. The van der Waals surface area contributed by atoms with Crippen molar-refractivity contribution in [2.24, 2.45) is 5.41 Å². The molecule has 3 rings (SSSR count). The van der Waals surface area contributed by atoms with Crippen molar-refractivity contribution in [3.8, 4) is 5.75 Å². The third-order valence-electron chi connectivity index (χ3n) is 4.65. The van der Waals surface area contributed by atoms with Crippen molar-refractivity contribution in [1.29, 1.82) is 0 Å². The lowest BCUT2D eigenvalue weighted by Gasteiger charge is -2.30. The predicted octanol–water partition coefficient (Wildman–Crippen LogP) is 4.99. The van der Waals surface area contributed by atoms with Gasteiger partial charge in [0, 0.05) is 11.9 Å². The topological polar surface area (TPSA) is 41.6 Å². The Balaban J connectivity index is 2.09. The minimum absolute atomic E-state index is 0.0335. The van der Waals surface area contributed by atoms with Crippen molar-refractivity contribution in [2.45, 2.75) is 52.4 Å². The van der Waals surface area contributed by atoms with Crippen molar-refractivity contribution in [2.75, 3.05) is 6.54 Å². The summed E-state index contributed by atoms with van der Waals surface area (Å²) in [4.78, 5) is 12.1. The Morgan fingerprint density at radius 3 is 2.36 bits per heavy atom. The number of rotatable bonds is 3. The monoisotopic (exact) mass is 394 g/mol. The number of amides is 1. The number of fused-ring (bicyclic) bond motifs is 1. The molecule has 7 heteroatoms. The standard InChI is InChI=1S/C21H25F3N2O2/c1-19(2,3)28-16-8-6-7-13-9-10-14(11-15(13)16)17(21(22,23)24)26-12-20(4,5)18(27)25-26/h6-11,17H,12H2,1-5H3,(H,25,27)/t17-/m0/s1. The number of nitrogens with one attached hydrogen (secondary N) is 1. The van der Waals surface area contributed by atoms with Gasteiger partial charge < -0.3 is 4.74 Å². The molecule has 4 nitrogen and oxygen atoms in total. The predicted molar refractivity (Wildman–Crippen MR) is 102 cm³/mol. The SMILES string of the molecule is CC(C)(C)Oc1cccc2ccc([C@H](N3CC(C)(C)C(=O)N3)C(F)(F)F)cc12. The number of nitrogens with zero attached hydrogens (tertiary/aromatic N) is 1. The van der Waals surface area contributed by atoms with Gasteiger partial charge in [-0.15, -0.1) is 0 Å². The second-order valence-electron chi connectivity index (χ2n) is 8.85. The highest BCUT2D eigenvalue weighted by Crippen LogP contribution is 2.42. The molecule has 1 fully saturated rings. The van der Waals surface area contributed by atoms with Crippen LogP contribution in [0, 0.1) is 5.41 Å². The van der Waals surface area contributed by atoms with E-state index in [1.165, 1.54) is 12.1 Å². The van der Waals surface area contributed by atoms with Gasteiger partial charge in [0.15, 0.2) is 0 Å². The number of benzene rings is 2. The van der Waals surface area contributed by atoms with E-state index in [9.17, 15) is 18.0 Å². The van der Waals surface area contributed by atoms with Gasteiger partial charge in [0.05, 0.1) is 5.41 Å². The molecule has 28 heavy (non-hydrogen) atoms. The van der Waals surface area contributed by atoms with Gasteiger partial charge in [-0.05, 0) is 57.7 Å². The summed E-state index contributed by atoms with van der Waals surface area (Å²) in [6.45, 7) is 8.88. The quantitative estimate of drug-likeness (QED) is 0.797. The highest BCUT2D eigenvalue weighted by atomic mass is 19.4. The molecule has 1 amide bonds. The zero-order valence-electron chi connectivity index (χ0n) is 16.6. The fraction of sp³-hybridized carbons (Fsp3) is 0.476. The molecule has 1 heterocycles. The summed E-state index contributed by atoms with van der Waals surface area (Å²) in [7, 11) is 0. The van der Waals surface area contributed by atoms with E-state index in [1.807, 2.05) is 32.9 Å². The van der Waals surface area contributed by atoms with Crippen molar-refractivity contribution in [3.63, 3.8) is 0 Å². The van der Waals surface area contributed by atoms with E-state index in [1.54, 1.807) is 26.0 Å². The Hall–Kier alpha value is -2.28. The van der Waals surface area contributed by atoms with Crippen LogP contribution in [0.25, 0.3) is 10.8 Å². The van der Waals surface area contributed by atoms with E-state index in [0.717, 1.165) is 10.4 Å². The number of alkyl halides is 3. The van der Waals surface area contributed by atoms with Crippen molar-refractivity contribution in [3.05, 3.63) is 42.0 Å². The minimum atomic E-state index is -4.55. The molecule has 0 radical (unpaired) electrons. The molecule has 0 saturated carbocycles. The number of hydrogen-bond acceptors (Lipinski definition) is 3. The molecular weight excluding hydrogens is 369 g/mol. The lowest BCUT2D eigenvalue weighted by molar-refractivity contribution is -0.191. The number of carbonyl (C=O) groups is 1. The molecule has 0 unspecified atom stereocenters. The van der Waals surface area contributed by atoms with Gasteiger partial charge in [-0.3, -0.25) is 10.2 Å². The molecule has 152 valence electrons. The van der Waals surface area contributed by atoms with Crippen LogP contribution in [-0.2, 0) is 4.79 Å². The Bertz CT molecular complexity index is 901. The van der Waals surface area contributed by atoms with Gasteiger partial charge in [0.1, 0.15) is 17.4 Å². The number of ether oxygens (including phenoxy) is 1. The summed E-state index contributed by atoms with van der Waals surface area (Å²) >= 11 is 0. The van der Waals surface area contributed by atoms with Crippen LogP contribution in [0.15, 0.2) is 36.4 Å². The van der Waals surface area contributed by atoms with Crippen LogP contribution >= 0.6 is 0 Å². The van der Waals surface area contributed by atoms with Crippen LogP contribution in [0.3, 0.4) is 0 Å². The summed E-state index contributed by atoms with van der Waals surface area (Å²) in [5.74, 6) is 0.109. The molecule has 0 spiro atoms. The fourth-order valence-electron chi connectivity index (χ4n) is 3.37. The second-order valence-corrected chi connectivity index (χ2v) is 8.85. The Morgan fingerprint density at radius 2 is 1.82 bits per heavy atom. The summed E-state index contributed by atoms with van der Waals surface area (Å²) in [6.07, 6.45) is -4.55. The average Bonchev–Trinajstić information content (AvgIpc) is 2.78. The van der Waals surface area contributed by atoms with Crippen LogP contribution in [0.2, 0.25) is 0 Å². The van der Waals surface area contributed by atoms with Gasteiger partial charge in [-0.25, -0.2) is 5.01 Å². The van der Waals surface area contributed by atoms with Crippen LogP contribution in [0.5, 0.6) is 5.75 Å². The molecule has 1 saturated heterocycles. The van der Waals surface area contributed by atoms with E-state index in [0.29, 0.717) is 11.1 Å². The molecule has 0 aliphatic carbocycles. The third-order valence-corrected chi connectivity index (χ3v) is 4.65. The summed E-state index contributed by atoms with van der Waals surface area (Å²) in [6, 6.07) is 8.07. The van der Waals surface area contributed by atoms with Crippen LogP contribution in [0.1, 0.15) is 46.2 Å². The maximum absolute atomic E-state index is 14.0. The van der Waals surface area contributed by atoms with Crippen molar-refractivity contribution < 1.29 is 22.7 Å². The van der Waals surface area contributed by atoms with Crippen molar-refractivity contribution >= 4 is 16.7 Å². The molecule has 2 aromatic rings. The van der Waals surface area contributed by atoms with Crippen LogP contribution < -0.4 is 10.2 Å². The first-order chi connectivity index (χ1) is 12.8. The first kappa shape index (κ1) is 20.5. The van der Waals surface area contributed by atoms with E-state index in [2.05, 4.69) is 5.43 Å². The van der Waals surface area contributed by atoms with E-state index < -0.39 is 29.1 Å². The highest BCUT2D eigenvalue weighted by Gasteiger charge is 2.51. The smallest absolute Gasteiger partial charge is 0.409 e. The number of halogens is 3. The Morgan fingerprint density at radius 1 is 1.14 bits per heavy atom. The first-order valence-corrected chi connectivity index (χ1v) is 9.14. The Kier molecular flexibility index (Phi) is 4.86. The maximum Gasteiger partial charge on any atom is 0.409 e. The zero-order chi connectivity index (χ0) is 20.9. The molecule has 1 atom stereocenters. The zero-order valence-corrected chi connectivity index (χ0v) is 16.6. The summed E-state index contributed by atoms with van der Waals surface area (Å²) in [5.41, 5.74) is 1.08. The first-order valence-electron chi connectivity index (χ1n) is 9.14. The van der Waals surface area contributed by atoms with Gasteiger partial charge in [0.2, 0.25) is 5.91 Å². The third kappa shape index (κ3) is 4.09. The summed E-state index contributed by atoms with van der Waals surface area (Å²) < 4.78 is 47.9. The maximum atomic E-state index is 14.0.